The maximum Gasteiger partial charge on any atom is 0.222 e. The van der Waals surface area contributed by atoms with E-state index in [-0.39, 0.29) is 18.1 Å². The molecule has 1 fully saturated rings. The van der Waals surface area contributed by atoms with E-state index in [1.54, 1.807) is 0 Å². The van der Waals surface area contributed by atoms with Gasteiger partial charge in [0.15, 0.2) is 0 Å². The molecule has 1 saturated heterocycles. The molecule has 2 N–H and O–H groups in total. The Bertz CT molecular complexity index is 447. The Labute approximate surface area is 124 Å². The van der Waals surface area contributed by atoms with Crippen LogP contribution in [0.2, 0.25) is 5.02 Å². The summed E-state index contributed by atoms with van der Waals surface area (Å²) >= 11 is 5.95. The van der Waals surface area contributed by atoms with Gasteiger partial charge in [-0.15, -0.1) is 0 Å². The third-order valence-corrected chi connectivity index (χ3v) is 3.49. The third kappa shape index (κ3) is 5.12. The molecule has 2 atom stereocenters. The van der Waals surface area contributed by atoms with Gasteiger partial charge in [0.25, 0.3) is 0 Å². The second kappa shape index (κ2) is 7.62. The lowest BCUT2D eigenvalue weighted by atomic mass is 10.1. The monoisotopic (exact) mass is 296 g/mol. The first-order valence-electron chi connectivity index (χ1n) is 6.99. The predicted molar refractivity (Wildman–Crippen MR) is 80.0 cm³/mol. The van der Waals surface area contributed by atoms with Crippen LogP contribution in [0.5, 0.6) is 0 Å². The van der Waals surface area contributed by atoms with E-state index < -0.39 is 0 Å². The number of carbonyl (C=O) groups is 1. The van der Waals surface area contributed by atoms with Gasteiger partial charge in [0.05, 0.1) is 19.1 Å². The Morgan fingerprint density at radius 2 is 2.45 bits per heavy atom. The summed E-state index contributed by atoms with van der Waals surface area (Å²) in [5, 5.41) is 6.95. The van der Waals surface area contributed by atoms with Crippen molar-refractivity contribution >= 4 is 17.5 Å². The standard InChI is InChI=1S/C15H21ClN2O2/c1-11(7-12-3-2-4-13(16)8-12)18-15(19)9-14-10-17-5-6-20-14/h2-4,8,11,14,17H,5-7,9-10H2,1H3,(H,18,19). The van der Waals surface area contributed by atoms with Gasteiger partial charge >= 0.3 is 0 Å². The Morgan fingerprint density at radius 3 is 3.15 bits per heavy atom. The van der Waals surface area contributed by atoms with Crippen molar-refractivity contribution in [2.45, 2.75) is 31.9 Å². The first-order chi connectivity index (χ1) is 9.63. The van der Waals surface area contributed by atoms with Crippen molar-refractivity contribution in [1.29, 1.82) is 0 Å². The van der Waals surface area contributed by atoms with Crippen molar-refractivity contribution in [3.8, 4) is 0 Å². The van der Waals surface area contributed by atoms with Crippen LogP contribution in [0.25, 0.3) is 0 Å². The van der Waals surface area contributed by atoms with Crippen LogP contribution in [0.1, 0.15) is 18.9 Å². The summed E-state index contributed by atoms with van der Waals surface area (Å²) in [6.45, 7) is 4.29. The molecule has 20 heavy (non-hydrogen) atoms. The van der Waals surface area contributed by atoms with Crippen molar-refractivity contribution in [2.75, 3.05) is 19.7 Å². The topological polar surface area (TPSA) is 50.4 Å². The van der Waals surface area contributed by atoms with E-state index >= 15 is 0 Å². The summed E-state index contributed by atoms with van der Waals surface area (Å²) in [4.78, 5) is 11.9. The Kier molecular flexibility index (Phi) is 5.83. The van der Waals surface area contributed by atoms with Crippen molar-refractivity contribution in [3.63, 3.8) is 0 Å². The fourth-order valence-corrected chi connectivity index (χ4v) is 2.57. The SMILES string of the molecule is CC(Cc1cccc(Cl)c1)NC(=O)CC1CNCCO1. The van der Waals surface area contributed by atoms with Crippen molar-refractivity contribution in [2.24, 2.45) is 0 Å². The van der Waals surface area contributed by atoms with Gasteiger partial charge < -0.3 is 15.4 Å². The first-order valence-corrected chi connectivity index (χ1v) is 7.37. The van der Waals surface area contributed by atoms with Crippen LogP contribution in [-0.2, 0) is 16.0 Å². The van der Waals surface area contributed by atoms with Gasteiger partial charge in [-0.25, -0.2) is 0 Å². The Morgan fingerprint density at radius 1 is 1.60 bits per heavy atom. The molecular formula is C15H21ClN2O2. The van der Waals surface area contributed by atoms with E-state index in [2.05, 4.69) is 10.6 Å². The number of benzene rings is 1. The highest BCUT2D eigenvalue weighted by Crippen LogP contribution is 2.12. The average molecular weight is 297 g/mol. The zero-order valence-electron chi connectivity index (χ0n) is 11.7. The molecule has 5 heteroatoms. The minimum absolute atomic E-state index is 0.0119. The third-order valence-electron chi connectivity index (χ3n) is 3.26. The van der Waals surface area contributed by atoms with Crippen LogP contribution in [0.4, 0.5) is 0 Å². The lowest BCUT2D eigenvalue weighted by Gasteiger charge is -2.24. The fourth-order valence-electron chi connectivity index (χ4n) is 2.36. The molecule has 0 aliphatic carbocycles. The second-order valence-electron chi connectivity index (χ2n) is 5.20. The number of rotatable bonds is 5. The number of nitrogens with one attached hydrogen (secondary N) is 2. The molecule has 1 aliphatic heterocycles. The number of hydrogen-bond donors (Lipinski definition) is 2. The summed E-state index contributed by atoms with van der Waals surface area (Å²) in [7, 11) is 0. The molecule has 0 radical (unpaired) electrons. The molecular weight excluding hydrogens is 276 g/mol. The fraction of sp³-hybridized carbons (Fsp3) is 0.533. The minimum atomic E-state index is -0.0119. The second-order valence-corrected chi connectivity index (χ2v) is 5.64. The smallest absolute Gasteiger partial charge is 0.222 e. The average Bonchev–Trinajstić information content (AvgIpc) is 2.39. The van der Waals surface area contributed by atoms with Crippen LogP contribution in [0, 0.1) is 0 Å². The molecule has 0 saturated carbocycles. The van der Waals surface area contributed by atoms with E-state index in [0.29, 0.717) is 13.0 Å². The molecule has 1 aliphatic rings. The molecule has 2 unspecified atom stereocenters. The lowest BCUT2D eigenvalue weighted by Crippen LogP contribution is -2.43. The van der Waals surface area contributed by atoms with Crippen molar-refractivity contribution in [3.05, 3.63) is 34.9 Å². The van der Waals surface area contributed by atoms with Crippen LogP contribution >= 0.6 is 11.6 Å². The number of hydrogen-bond acceptors (Lipinski definition) is 3. The molecule has 1 aromatic rings. The Balaban J connectivity index is 1.75. The molecule has 1 heterocycles. The molecule has 1 amide bonds. The van der Waals surface area contributed by atoms with Gasteiger partial charge in [0.2, 0.25) is 5.91 Å². The van der Waals surface area contributed by atoms with Crippen LogP contribution < -0.4 is 10.6 Å². The summed E-state index contributed by atoms with van der Waals surface area (Å²) in [6, 6.07) is 7.80. The normalized spacial score (nSPS) is 20.4. The zero-order chi connectivity index (χ0) is 14.4. The van der Waals surface area contributed by atoms with E-state index in [9.17, 15) is 4.79 Å². The van der Waals surface area contributed by atoms with Gasteiger partial charge in [0.1, 0.15) is 0 Å². The predicted octanol–water partition coefficient (Wildman–Crippen LogP) is 1.77. The van der Waals surface area contributed by atoms with Crippen molar-refractivity contribution in [1.82, 2.24) is 10.6 Å². The highest BCUT2D eigenvalue weighted by atomic mass is 35.5. The van der Waals surface area contributed by atoms with Gasteiger partial charge in [-0.1, -0.05) is 23.7 Å². The Hall–Kier alpha value is -1.10. The van der Waals surface area contributed by atoms with E-state index in [0.717, 1.165) is 30.1 Å². The van der Waals surface area contributed by atoms with Crippen molar-refractivity contribution < 1.29 is 9.53 Å². The maximum atomic E-state index is 11.9. The maximum absolute atomic E-state index is 11.9. The van der Waals surface area contributed by atoms with E-state index in [4.69, 9.17) is 16.3 Å². The molecule has 0 aromatic heterocycles. The number of amides is 1. The molecule has 0 bridgehead atoms. The molecule has 2 rings (SSSR count). The van der Waals surface area contributed by atoms with Crippen LogP contribution in [-0.4, -0.2) is 37.7 Å². The lowest BCUT2D eigenvalue weighted by molar-refractivity contribution is -0.125. The summed E-state index contributed by atoms with van der Waals surface area (Å²) in [6.07, 6.45) is 1.17. The van der Waals surface area contributed by atoms with E-state index in [1.807, 2.05) is 31.2 Å². The van der Waals surface area contributed by atoms with Gasteiger partial charge in [-0.05, 0) is 31.0 Å². The highest BCUT2D eigenvalue weighted by molar-refractivity contribution is 6.30. The number of morpholine rings is 1. The molecule has 110 valence electrons. The molecule has 0 spiro atoms. The van der Waals surface area contributed by atoms with Gasteiger partial charge in [-0.3, -0.25) is 4.79 Å². The zero-order valence-corrected chi connectivity index (χ0v) is 12.5. The summed E-state index contributed by atoms with van der Waals surface area (Å²) < 4.78 is 5.52. The van der Waals surface area contributed by atoms with Gasteiger partial charge in [0, 0.05) is 24.2 Å². The van der Waals surface area contributed by atoms with Gasteiger partial charge in [-0.2, -0.15) is 0 Å². The highest BCUT2D eigenvalue weighted by Gasteiger charge is 2.18. The number of ether oxygens (including phenoxy) is 1. The first kappa shape index (κ1) is 15.3. The number of halogens is 1. The molecule has 4 nitrogen and oxygen atoms in total. The number of carbonyl (C=O) groups excluding carboxylic acids is 1. The van der Waals surface area contributed by atoms with Crippen LogP contribution in [0.3, 0.4) is 0 Å². The largest absolute Gasteiger partial charge is 0.375 e. The summed E-state index contributed by atoms with van der Waals surface area (Å²) in [5.41, 5.74) is 1.13. The molecule has 1 aromatic carbocycles. The minimum Gasteiger partial charge on any atom is -0.375 e. The van der Waals surface area contributed by atoms with E-state index in [1.165, 1.54) is 0 Å². The van der Waals surface area contributed by atoms with Crippen LogP contribution in [0.15, 0.2) is 24.3 Å². The summed E-state index contributed by atoms with van der Waals surface area (Å²) in [5.74, 6) is 0.0354. The quantitative estimate of drug-likeness (QED) is 0.871.